The van der Waals surface area contributed by atoms with E-state index in [-0.39, 0.29) is 11.8 Å². The van der Waals surface area contributed by atoms with Crippen LogP contribution in [-0.4, -0.2) is 26.3 Å². The van der Waals surface area contributed by atoms with Crippen molar-refractivity contribution in [1.29, 1.82) is 0 Å². The summed E-state index contributed by atoms with van der Waals surface area (Å²) >= 11 is 1.39. The molecule has 4 aromatic rings. The molecule has 0 fully saturated rings. The van der Waals surface area contributed by atoms with Crippen molar-refractivity contribution in [2.24, 2.45) is 0 Å². The molecule has 0 atom stereocenters. The number of pyridine rings is 1. The molecule has 2 N–H and O–H groups in total. The van der Waals surface area contributed by atoms with Crippen LogP contribution in [0.15, 0.2) is 47.8 Å². The van der Waals surface area contributed by atoms with Crippen LogP contribution >= 0.6 is 11.3 Å². The summed E-state index contributed by atoms with van der Waals surface area (Å²) in [7, 11) is 0. The van der Waals surface area contributed by atoms with Crippen molar-refractivity contribution in [3.63, 3.8) is 0 Å². The van der Waals surface area contributed by atoms with E-state index in [0.717, 1.165) is 43.0 Å². The number of nitrogens with one attached hydrogen (secondary N) is 2. The molecule has 3 aromatic heterocycles. The molecule has 4 heterocycles. The fraction of sp³-hybridized carbons (Fsp3) is 0.250. The Hall–Kier alpha value is -3.52. The highest BCUT2D eigenvalue weighted by molar-refractivity contribution is 7.12. The maximum atomic E-state index is 13.1. The molecule has 0 bridgehead atoms. The molecule has 32 heavy (non-hydrogen) atoms. The molecule has 0 spiro atoms. The van der Waals surface area contributed by atoms with Gasteiger partial charge < -0.3 is 15.2 Å². The number of thiophene rings is 1. The Morgan fingerprint density at radius 2 is 1.72 bits per heavy atom. The first-order valence-electron chi connectivity index (χ1n) is 10.7. The van der Waals surface area contributed by atoms with Crippen LogP contribution in [-0.2, 0) is 13.0 Å². The average molecular weight is 446 g/mol. The second-order valence-electron chi connectivity index (χ2n) is 7.94. The number of hydrogen-bond donors (Lipinski definition) is 2. The zero-order valence-corrected chi connectivity index (χ0v) is 18.5. The number of aromatic nitrogens is 3. The molecule has 7 nitrogen and oxygen atoms in total. The third-order valence-corrected chi connectivity index (χ3v) is 6.45. The van der Waals surface area contributed by atoms with E-state index in [9.17, 15) is 9.59 Å². The zero-order valence-electron chi connectivity index (χ0n) is 17.7. The van der Waals surface area contributed by atoms with Crippen LogP contribution < -0.4 is 10.6 Å². The van der Waals surface area contributed by atoms with Gasteiger partial charge in [-0.3, -0.25) is 9.59 Å². The second-order valence-corrected chi connectivity index (χ2v) is 8.88. The molecule has 8 heteroatoms. The fourth-order valence-electron chi connectivity index (χ4n) is 4.02. The van der Waals surface area contributed by atoms with E-state index in [2.05, 4.69) is 20.2 Å². The number of nitrogens with zero attached hydrogens (tertiary/aromatic N) is 3. The van der Waals surface area contributed by atoms with Gasteiger partial charge in [-0.2, -0.15) is 0 Å². The van der Waals surface area contributed by atoms with Crippen LogP contribution in [0, 0.1) is 6.92 Å². The maximum Gasteiger partial charge on any atom is 0.265 e. The van der Waals surface area contributed by atoms with Gasteiger partial charge >= 0.3 is 0 Å². The van der Waals surface area contributed by atoms with E-state index in [1.165, 1.54) is 17.8 Å². The molecular weight excluding hydrogens is 422 g/mol. The smallest absolute Gasteiger partial charge is 0.265 e. The van der Waals surface area contributed by atoms with Crippen LogP contribution in [0.25, 0.3) is 11.2 Å². The monoisotopic (exact) mass is 445 g/mol. The molecule has 0 saturated carbocycles. The summed E-state index contributed by atoms with van der Waals surface area (Å²) < 4.78 is 2.16. The average Bonchev–Trinajstić information content (AvgIpc) is 3.37. The van der Waals surface area contributed by atoms with Crippen molar-refractivity contribution in [2.75, 3.05) is 10.6 Å². The number of carbonyl (C=O) groups excluding carboxylic acids is 2. The van der Waals surface area contributed by atoms with Gasteiger partial charge in [0.2, 0.25) is 0 Å². The zero-order chi connectivity index (χ0) is 22.1. The molecule has 1 aliphatic rings. The lowest BCUT2D eigenvalue weighted by atomic mass is 10.1. The normalized spacial score (nSPS) is 13.4. The largest absolute Gasteiger partial charge is 0.322 e. The Morgan fingerprint density at radius 1 is 0.969 bits per heavy atom. The topological polar surface area (TPSA) is 88.9 Å². The SMILES string of the molecule is Cc1cc(C(=O)Nc2ccc(NC(=O)c3cccs3)cc2)c2nc3n(c2n1)CCCCC3. The first-order valence-corrected chi connectivity index (χ1v) is 11.6. The first kappa shape index (κ1) is 20.4. The summed E-state index contributed by atoms with van der Waals surface area (Å²) in [6.45, 7) is 2.79. The minimum atomic E-state index is -0.218. The van der Waals surface area contributed by atoms with Crippen LogP contribution in [0.3, 0.4) is 0 Å². The quantitative estimate of drug-likeness (QED) is 0.461. The van der Waals surface area contributed by atoms with Gasteiger partial charge in [0, 0.05) is 30.0 Å². The summed E-state index contributed by atoms with van der Waals surface area (Å²) in [6.07, 6.45) is 4.31. The molecule has 0 unspecified atom stereocenters. The number of aryl methyl sites for hydroxylation is 3. The van der Waals surface area contributed by atoms with Crippen LogP contribution in [0.4, 0.5) is 11.4 Å². The van der Waals surface area contributed by atoms with Crippen molar-refractivity contribution in [3.05, 3.63) is 69.8 Å². The lowest BCUT2D eigenvalue weighted by Gasteiger charge is -2.09. The highest BCUT2D eigenvalue weighted by Crippen LogP contribution is 2.25. The van der Waals surface area contributed by atoms with Crippen molar-refractivity contribution in [1.82, 2.24) is 14.5 Å². The van der Waals surface area contributed by atoms with Crippen LogP contribution in [0.5, 0.6) is 0 Å². The van der Waals surface area contributed by atoms with Gasteiger partial charge in [-0.1, -0.05) is 12.5 Å². The highest BCUT2D eigenvalue weighted by Gasteiger charge is 2.21. The Balaban J connectivity index is 1.36. The van der Waals surface area contributed by atoms with E-state index in [1.807, 2.05) is 18.4 Å². The van der Waals surface area contributed by atoms with Gasteiger partial charge in [0.15, 0.2) is 5.65 Å². The number of rotatable bonds is 4. The Labute approximate surface area is 189 Å². The lowest BCUT2D eigenvalue weighted by molar-refractivity contribution is 0.102. The predicted molar refractivity (Wildman–Crippen MR) is 126 cm³/mol. The Morgan fingerprint density at radius 3 is 2.44 bits per heavy atom. The number of hydrogen-bond acceptors (Lipinski definition) is 5. The Kier molecular flexibility index (Phi) is 5.45. The maximum absolute atomic E-state index is 13.1. The van der Waals surface area contributed by atoms with Crippen molar-refractivity contribution in [3.8, 4) is 0 Å². The minimum absolute atomic E-state index is 0.147. The number of fused-ring (bicyclic) bond motifs is 3. The van der Waals surface area contributed by atoms with Crippen molar-refractivity contribution in [2.45, 2.75) is 39.2 Å². The van der Waals surface area contributed by atoms with Crippen LogP contribution in [0.1, 0.15) is 50.8 Å². The lowest BCUT2D eigenvalue weighted by Crippen LogP contribution is -2.14. The molecule has 1 aromatic carbocycles. The number of anilines is 2. The molecule has 5 rings (SSSR count). The summed E-state index contributed by atoms with van der Waals surface area (Å²) in [4.78, 5) is 35.4. The van der Waals surface area contributed by atoms with Gasteiger partial charge in [-0.25, -0.2) is 9.97 Å². The molecule has 0 saturated heterocycles. The number of imidazole rings is 1. The third-order valence-electron chi connectivity index (χ3n) is 5.58. The van der Waals surface area contributed by atoms with Gasteiger partial charge in [0.25, 0.3) is 11.8 Å². The molecule has 162 valence electrons. The highest BCUT2D eigenvalue weighted by atomic mass is 32.1. The fourth-order valence-corrected chi connectivity index (χ4v) is 4.64. The first-order chi connectivity index (χ1) is 15.6. The molecule has 0 aliphatic carbocycles. The summed E-state index contributed by atoms with van der Waals surface area (Å²) in [5.74, 6) is 0.644. The van der Waals surface area contributed by atoms with Crippen LogP contribution in [0.2, 0.25) is 0 Å². The summed E-state index contributed by atoms with van der Waals surface area (Å²) in [5.41, 5.74) is 4.08. The number of carbonyl (C=O) groups is 2. The minimum Gasteiger partial charge on any atom is -0.322 e. The van der Waals surface area contributed by atoms with Gasteiger partial charge in [0.1, 0.15) is 11.3 Å². The van der Waals surface area contributed by atoms with E-state index in [1.54, 1.807) is 36.4 Å². The predicted octanol–water partition coefficient (Wildman–Crippen LogP) is 5.03. The van der Waals surface area contributed by atoms with E-state index >= 15 is 0 Å². The van der Waals surface area contributed by atoms with Gasteiger partial charge in [-0.05, 0) is 61.5 Å². The van der Waals surface area contributed by atoms with E-state index in [4.69, 9.17) is 4.98 Å². The molecule has 1 aliphatic heterocycles. The third kappa shape index (κ3) is 4.01. The van der Waals surface area contributed by atoms with Gasteiger partial charge in [-0.15, -0.1) is 11.3 Å². The molecular formula is C24H23N5O2S. The second kappa shape index (κ2) is 8.55. The Bertz CT molecular complexity index is 1290. The van der Waals surface area contributed by atoms with Crippen molar-refractivity contribution >= 4 is 45.7 Å². The van der Waals surface area contributed by atoms with E-state index in [0.29, 0.717) is 27.3 Å². The molecule has 2 amide bonds. The van der Waals surface area contributed by atoms with Gasteiger partial charge in [0.05, 0.1) is 10.4 Å². The standard InChI is InChI=1S/C24H23N5O2S/c1-15-14-18(21-22(25-15)29-12-4-2-3-7-20(29)28-21)23(30)26-16-8-10-17(11-9-16)27-24(31)19-6-5-13-32-19/h5-6,8-11,13-14H,2-4,7,12H2,1H3,(H,26,30)(H,27,31). The van der Waals surface area contributed by atoms with Crippen molar-refractivity contribution < 1.29 is 9.59 Å². The van der Waals surface area contributed by atoms with E-state index < -0.39 is 0 Å². The number of amides is 2. The summed E-state index contributed by atoms with van der Waals surface area (Å²) in [5, 5.41) is 7.68. The molecule has 0 radical (unpaired) electrons. The summed E-state index contributed by atoms with van der Waals surface area (Å²) in [6, 6.07) is 12.5. The number of benzene rings is 1.